The number of rotatable bonds is 6. The molecule has 1 aliphatic rings. The second-order valence-electron chi connectivity index (χ2n) is 6.23. The van der Waals surface area contributed by atoms with Crippen LogP contribution in [0.25, 0.3) is 0 Å². The van der Waals surface area contributed by atoms with Gasteiger partial charge in [0.2, 0.25) is 0 Å². The van der Waals surface area contributed by atoms with E-state index >= 15 is 0 Å². The molecule has 0 saturated carbocycles. The van der Waals surface area contributed by atoms with Crippen molar-refractivity contribution >= 4 is 23.4 Å². The number of halogens is 2. The second-order valence-corrected chi connectivity index (χ2v) is 6.59. The Morgan fingerprint density at radius 2 is 2.19 bits per heavy atom. The molecule has 2 heterocycles. The molecule has 1 aromatic carbocycles. The lowest BCUT2D eigenvalue weighted by Gasteiger charge is -2.17. The van der Waals surface area contributed by atoms with Crippen LogP contribution in [0.1, 0.15) is 29.3 Å². The summed E-state index contributed by atoms with van der Waals surface area (Å²) in [6.45, 7) is 4.43. The lowest BCUT2D eigenvalue weighted by atomic mass is 10.2. The van der Waals surface area contributed by atoms with Gasteiger partial charge in [0.15, 0.2) is 11.6 Å². The Kier molecular flexibility index (Phi) is 6.06. The number of benzene rings is 1. The molecule has 0 radical (unpaired) electrons. The van der Waals surface area contributed by atoms with E-state index in [9.17, 15) is 9.18 Å². The number of hydrogen-bond acceptors (Lipinski definition) is 5. The van der Waals surface area contributed by atoms with Crippen LogP contribution in [-0.4, -0.2) is 41.6 Å². The molecule has 0 spiro atoms. The van der Waals surface area contributed by atoms with Gasteiger partial charge in [-0.25, -0.2) is 14.2 Å². The van der Waals surface area contributed by atoms with Gasteiger partial charge in [-0.3, -0.25) is 4.90 Å². The number of pyridine rings is 1. The molecule has 1 saturated heterocycles. The van der Waals surface area contributed by atoms with E-state index in [2.05, 4.69) is 27.3 Å². The van der Waals surface area contributed by atoms with Crippen molar-refractivity contribution in [2.24, 2.45) is 0 Å². The normalized spacial score (nSPS) is 17.3. The molecule has 1 aliphatic heterocycles. The van der Waals surface area contributed by atoms with Gasteiger partial charge in [-0.05, 0) is 25.0 Å². The lowest BCUT2D eigenvalue weighted by Crippen LogP contribution is -2.26. The SMILES string of the molecule is CCOC(=O)c1cc(F)c(N[C@@H]2CCN(Cc3ccccc3)C2)nc1Cl. The fourth-order valence-electron chi connectivity index (χ4n) is 3.05. The summed E-state index contributed by atoms with van der Waals surface area (Å²) in [5.41, 5.74) is 1.19. The van der Waals surface area contributed by atoms with E-state index in [1.807, 2.05) is 18.2 Å². The van der Waals surface area contributed by atoms with Gasteiger partial charge in [-0.15, -0.1) is 0 Å². The number of anilines is 1. The number of nitrogens with one attached hydrogen (secondary N) is 1. The zero-order chi connectivity index (χ0) is 18.5. The molecule has 0 amide bonds. The Morgan fingerprint density at radius 1 is 1.42 bits per heavy atom. The molecule has 1 N–H and O–H groups in total. The molecule has 1 aromatic heterocycles. The molecule has 7 heteroatoms. The number of carbonyl (C=O) groups excluding carboxylic acids is 1. The molecular weight excluding hydrogens is 357 g/mol. The Morgan fingerprint density at radius 3 is 2.92 bits per heavy atom. The fourth-order valence-corrected chi connectivity index (χ4v) is 3.26. The Hall–Kier alpha value is -2.18. The Bertz CT molecular complexity index is 773. The standard InChI is InChI=1S/C19H21ClFN3O2/c1-2-26-19(25)15-10-16(21)18(23-17(15)20)22-14-8-9-24(12-14)11-13-6-4-3-5-7-13/h3-7,10,14H,2,8-9,11-12H2,1H3,(H,22,23)/t14-/m1/s1. The van der Waals surface area contributed by atoms with E-state index in [0.29, 0.717) is 0 Å². The third kappa shape index (κ3) is 4.51. The fraction of sp³-hybridized carbons (Fsp3) is 0.368. The first kappa shape index (κ1) is 18.6. The minimum atomic E-state index is -0.676. The van der Waals surface area contributed by atoms with Gasteiger partial charge in [-0.1, -0.05) is 41.9 Å². The third-order valence-electron chi connectivity index (χ3n) is 4.29. The van der Waals surface area contributed by atoms with Crippen LogP contribution in [0.4, 0.5) is 10.2 Å². The summed E-state index contributed by atoms with van der Waals surface area (Å²) in [4.78, 5) is 18.1. The van der Waals surface area contributed by atoms with Crippen molar-refractivity contribution in [2.75, 3.05) is 25.0 Å². The number of ether oxygens (including phenoxy) is 1. The molecule has 1 fully saturated rings. The number of carbonyl (C=O) groups is 1. The number of aromatic nitrogens is 1. The predicted octanol–water partition coefficient (Wildman–Crippen LogP) is 3.74. The minimum Gasteiger partial charge on any atom is -0.462 e. The molecule has 0 bridgehead atoms. The average Bonchev–Trinajstić information content (AvgIpc) is 3.06. The van der Waals surface area contributed by atoms with Gasteiger partial charge in [0.1, 0.15) is 10.7 Å². The minimum absolute atomic E-state index is 0.0614. The van der Waals surface area contributed by atoms with Crippen LogP contribution >= 0.6 is 11.6 Å². The van der Waals surface area contributed by atoms with Crippen LogP contribution in [0.15, 0.2) is 36.4 Å². The van der Waals surface area contributed by atoms with Crippen molar-refractivity contribution in [1.29, 1.82) is 0 Å². The smallest absolute Gasteiger partial charge is 0.341 e. The highest BCUT2D eigenvalue weighted by Crippen LogP contribution is 2.24. The molecule has 5 nitrogen and oxygen atoms in total. The lowest BCUT2D eigenvalue weighted by molar-refractivity contribution is 0.0525. The maximum Gasteiger partial charge on any atom is 0.341 e. The molecule has 138 valence electrons. The Balaban J connectivity index is 1.62. The van der Waals surface area contributed by atoms with Crippen molar-refractivity contribution < 1.29 is 13.9 Å². The molecular formula is C19H21ClFN3O2. The number of hydrogen-bond donors (Lipinski definition) is 1. The summed E-state index contributed by atoms with van der Waals surface area (Å²) < 4.78 is 19.2. The average molecular weight is 378 g/mol. The molecule has 26 heavy (non-hydrogen) atoms. The van der Waals surface area contributed by atoms with Crippen LogP contribution < -0.4 is 5.32 Å². The van der Waals surface area contributed by atoms with Crippen molar-refractivity contribution in [1.82, 2.24) is 9.88 Å². The van der Waals surface area contributed by atoms with Gasteiger partial charge in [-0.2, -0.15) is 0 Å². The maximum absolute atomic E-state index is 14.3. The second kappa shape index (κ2) is 8.47. The van der Waals surface area contributed by atoms with E-state index in [1.165, 1.54) is 5.56 Å². The summed E-state index contributed by atoms with van der Waals surface area (Å²) in [5.74, 6) is -1.22. The van der Waals surface area contributed by atoms with Crippen LogP contribution in [0.3, 0.4) is 0 Å². The van der Waals surface area contributed by atoms with Crippen LogP contribution in [0, 0.1) is 5.82 Å². The van der Waals surface area contributed by atoms with E-state index in [4.69, 9.17) is 16.3 Å². The monoisotopic (exact) mass is 377 g/mol. The predicted molar refractivity (Wildman–Crippen MR) is 98.9 cm³/mol. The van der Waals surface area contributed by atoms with Crippen molar-refractivity contribution in [2.45, 2.75) is 25.9 Å². The van der Waals surface area contributed by atoms with Crippen molar-refractivity contribution in [3.63, 3.8) is 0 Å². The Labute approximate surface area is 157 Å². The van der Waals surface area contributed by atoms with E-state index < -0.39 is 11.8 Å². The van der Waals surface area contributed by atoms with Gasteiger partial charge >= 0.3 is 5.97 Å². The molecule has 2 aromatic rings. The zero-order valence-corrected chi connectivity index (χ0v) is 15.3. The van der Waals surface area contributed by atoms with Crippen molar-refractivity contribution in [3.05, 3.63) is 58.5 Å². The van der Waals surface area contributed by atoms with Crippen molar-refractivity contribution in [3.8, 4) is 0 Å². The van der Waals surface area contributed by atoms with E-state index in [0.717, 1.165) is 32.1 Å². The van der Waals surface area contributed by atoms with E-state index in [-0.39, 0.29) is 29.2 Å². The first-order valence-corrected chi connectivity index (χ1v) is 9.00. The first-order valence-electron chi connectivity index (χ1n) is 8.62. The largest absolute Gasteiger partial charge is 0.462 e. The molecule has 0 aliphatic carbocycles. The number of likely N-dealkylation sites (tertiary alicyclic amines) is 1. The quantitative estimate of drug-likeness (QED) is 0.614. The summed E-state index contributed by atoms with van der Waals surface area (Å²) >= 11 is 6.02. The van der Waals surface area contributed by atoms with Crippen LogP contribution in [-0.2, 0) is 11.3 Å². The maximum atomic E-state index is 14.3. The number of esters is 1. The first-order chi connectivity index (χ1) is 12.6. The zero-order valence-electron chi connectivity index (χ0n) is 14.5. The summed E-state index contributed by atoms with van der Waals surface area (Å²) in [7, 11) is 0. The summed E-state index contributed by atoms with van der Waals surface area (Å²) in [5, 5.41) is 3.04. The molecule has 3 rings (SSSR count). The topological polar surface area (TPSA) is 54.5 Å². The number of nitrogens with zero attached hydrogens (tertiary/aromatic N) is 2. The van der Waals surface area contributed by atoms with Gasteiger partial charge < -0.3 is 10.1 Å². The van der Waals surface area contributed by atoms with Gasteiger partial charge in [0.05, 0.1) is 6.61 Å². The highest BCUT2D eigenvalue weighted by molar-refractivity contribution is 6.32. The van der Waals surface area contributed by atoms with Gasteiger partial charge in [0.25, 0.3) is 0 Å². The van der Waals surface area contributed by atoms with Crippen LogP contribution in [0.5, 0.6) is 0 Å². The van der Waals surface area contributed by atoms with Gasteiger partial charge in [0, 0.05) is 25.7 Å². The molecule has 1 atom stereocenters. The summed E-state index contributed by atoms with van der Waals surface area (Å²) in [6, 6.07) is 11.4. The highest BCUT2D eigenvalue weighted by atomic mass is 35.5. The van der Waals surface area contributed by atoms with Crippen LogP contribution in [0.2, 0.25) is 5.15 Å². The summed E-state index contributed by atoms with van der Waals surface area (Å²) in [6.07, 6.45) is 0.880. The third-order valence-corrected chi connectivity index (χ3v) is 4.58. The highest BCUT2D eigenvalue weighted by Gasteiger charge is 2.25. The molecule has 0 unspecified atom stereocenters. The van der Waals surface area contributed by atoms with E-state index in [1.54, 1.807) is 6.92 Å².